The molecule has 5 N–H and O–H groups in total. The van der Waals surface area contributed by atoms with Gasteiger partial charge in [0.25, 0.3) is 5.69 Å². The number of non-ortho nitro benzene ring substituents is 1. The number of H-pyrrole nitrogens is 1. The average molecular weight is 552 g/mol. The lowest BCUT2D eigenvalue weighted by molar-refractivity contribution is -0.384. The molecule has 0 aliphatic carbocycles. The number of hydrogen-bond donors (Lipinski definition) is 3. The summed E-state index contributed by atoms with van der Waals surface area (Å²) in [6, 6.07) is 24.7. The van der Waals surface area contributed by atoms with Crippen LogP contribution in [0, 0.1) is 10.1 Å². The minimum atomic E-state index is -1.27. The van der Waals surface area contributed by atoms with E-state index in [0.717, 1.165) is 34.3 Å². The molecule has 2 aromatic heterocycles. The molecular weight excluding hydrogens is 518 g/mol. The van der Waals surface area contributed by atoms with Gasteiger partial charge in [-0.25, -0.2) is 0 Å². The third-order valence-corrected chi connectivity index (χ3v) is 7.56. The monoisotopic (exact) mass is 551 g/mol. The van der Waals surface area contributed by atoms with Crippen molar-refractivity contribution in [1.29, 1.82) is 0 Å². The maximum atomic E-state index is 12.3. The average Bonchev–Trinajstić information content (AvgIpc) is 3.56. The molecule has 2 atom stereocenters. The van der Waals surface area contributed by atoms with Gasteiger partial charge in [0.1, 0.15) is 11.6 Å². The molecule has 1 unspecified atom stereocenters. The maximum absolute atomic E-state index is 12.3. The van der Waals surface area contributed by atoms with E-state index in [2.05, 4.69) is 37.9 Å². The number of nitro benzene ring substituents is 1. The van der Waals surface area contributed by atoms with Crippen molar-refractivity contribution in [2.45, 2.75) is 50.6 Å². The number of fused-ring (bicyclic) bond motifs is 1. The first-order valence-corrected chi connectivity index (χ1v) is 13.5. The van der Waals surface area contributed by atoms with E-state index in [1.54, 1.807) is 19.1 Å². The molecule has 2 heterocycles. The highest BCUT2D eigenvalue weighted by atomic mass is 16.6. The second kappa shape index (κ2) is 11.7. The number of carbonyl (C=O) groups is 1. The number of hydrogen-bond acceptors (Lipinski definition) is 6. The Hall–Kier alpha value is -4.83. The zero-order valence-corrected chi connectivity index (χ0v) is 22.9. The Kier molecular flexibility index (Phi) is 7.93. The van der Waals surface area contributed by atoms with Gasteiger partial charge in [-0.05, 0) is 48.9 Å². The van der Waals surface area contributed by atoms with Gasteiger partial charge in [-0.15, -0.1) is 10.2 Å². The molecule has 210 valence electrons. The fourth-order valence-corrected chi connectivity index (χ4v) is 5.25. The van der Waals surface area contributed by atoms with Crippen molar-refractivity contribution in [3.63, 3.8) is 0 Å². The molecule has 0 aliphatic rings. The summed E-state index contributed by atoms with van der Waals surface area (Å²) in [7, 11) is 0. The lowest BCUT2D eigenvalue weighted by Crippen LogP contribution is -2.50. The largest absolute Gasteiger partial charge is 0.368 e. The molecule has 0 spiro atoms. The van der Waals surface area contributed by atoms with Crippen molar-refractivity contribution in [3.05, 3.63) is 124 Å². The van der Waals surface area contributed by atoms with Crippen molar-refractivity contribution in [3.8, 4) is 0 Å². The fourth-order valence-electron chi connectivity index (χ4n) is 5.25. The van der Waals surface area contributed by atoms with Crippen molar-refractivity contribution in [2.75, 3.05) is 0 Å². The number of aromatic nitrogens is 4. The zero-order chi connectivity index (χ0) is 29.0. The van der Waals surface area contributed by atoms with Gasteiger partial charge in [0, 0.05) is 41.6 Å². The minimum absolute atomic E-state index is 0.0274. The van der Waals surface area contributed by atoms with Crippen molar-refractivity contribution >= 4 is 22.5 Å². The summed E-state index contributed by atoms with van der Waals surface area (Å²) in [6.07, 6.45) is 4.20. The number of para-hydroxylation sites is 1. The Morgan fingerprint density at radius 2 is 1.71 bits per heavy atom. The van der Waals surface area contributed by atoms with Crippen molar-refractivity contribution in [1.82, 2.24) is 19.7 Å². The number of nitrogens with zero attached hydrogens (tertiary/aromatic N) is 4. The molecule has 0 fully saturated rings. The highest BCUT2D eigenvalue weighted by Gasteiger charge is 2.34. The summed E-state index contributed by atoms with van der Waals surface area (Å²) in [6.45, 7) is 2.05. The summed E-state index contributed by atoms with van der Waals surface area (Å²) in [4.78, 5) is 26.4. The molecule has 0 saturated heterocycles. The highest BCUT2D eigenvalue weighted by Crippen LogP contribution is 2.32. The second-order valence-electron chi connectivity index (χ2n) is 10.7. The molecule has 1 amide bonds. The van der Waals surface area contributed by atoms with Gasteiger partial charge in [0.2, 0.25) is 5.91 Å². The fraction of sp³-hybridized carbons (Fsp3) is 0.258. The Morgan fingerprint density at radius 3 is 2.41 bits per heavy atom. The number of aromatic amines is 1. The second-order valence-corrected chi connectivity index (χ2v) is 10.7. The van der Waals surface area contributed by atoms with E-state index in [4.69, 9.17) is 11.5 Å². The third kappa shape index (κ3) is 6.33. The van der Waals surface area contributed by atoms with E-state index in [1.165, 1.54) is 17.7 Å². The van der Waals surface area contributed by atoms with Crippen LogP contribution in [-0.2, 0) is 30.6 Å². The normalized spacial score (nSPS) is 13.6. The molecule has 3 aromatic carbocycles. The number of primary amides is 1. The van der Waals surface area contributed by atoms with E-state index in [9.17, 15) is 14.9 Å². The molecular formula is C31H33N7O3. The summed E-state index contributed by atoms with van der Waals surface area (Å²) in [5, 5.41) is 21.6. The minimum Gasteiger partial charge on any atom is -0.368 e. The van der Waals surface area contributed by atoms with E-state index in [1.807, 2.05) is 42.6 Å². The van der Waals surface area contributed by atoms with Crippen LogP contribution in [0.2, 0.25) is 0 Å². The van der Waals surface area contributed by atoms with Crippen LogP contribution in [0.15, 0.2) is 85.1 Å². The standard InChI is InChI=1S/C31H33N7O3/c1-31(33,30(32)39)18-23(17-24-19-34-27-10-6-5-9-26(24)27)29-36-35-28(16-13-21-7-3-2-4-8-21)37(29)20-22-11-14-25(15-12-22)38(40)41/h2-12,14-15,19,23,34H,13,16-18,20,33H2,1H3,(H2,32,39)/t23-,31?/m1/s1. The quantitative estimate of drug-likeness (QED) is 0.154. The molecule has 0 aliphatic heterocycles. The molecule has 10 heteroatoms. The number of nitro groups is 1. The number of rotatable bonds is 12. The Morgan fingerprint density at radius 1 is 1.00 bits per heavy atom. The van der Waals surface area contributed by atoms with Gasteiger partial charge in [0.05, 0.1) is 17.0 Å². The van der Waals surface area contributed by atoms with E-state index in [0.29, 0.717) is 25.2 Å². The van der Waals surface area contributed by atoms with Crippen LogP contribution in [-0.4, -0.2) is 36.1 Å². The van der Waals surface area contributed by atoms with Crippen molar-refractivity contribution < 1.29 is 9.72 Å². The number of nitrogens with two attached hydrogens (primary N) is 2. The first-order chi connectivity index (χ1) is 19.7. The van der Waals surface area contributed by atoms with Gasteiger partial charge in [-0.3, -0.25) is 14.9 Å². The molecule has 41 heavy (non-hydrogen) atoms. The van der Waals surface area contributed by atoms with Gasteiger partial charge in [0.15, 0.2) is 0 Å². The lowest BCUT2D eigenvalue weighted by atomic mass is 9.84. The third-order valence-electron chi connectivity index (χ3n) is 7.56. The Balaban J connectivity index is 1.55. The molecule has 10 nitrogen and oxygen atoms in total. The summed E-state index contributed by atoms with van der Waals surface area (Å²) in [5.74, 6) is 0.596. The SMILES string of the molecule is CC(N)(C[C@@H](Cc1c[nH]c2ccccc12)c1nnc(CCc2ccccc2)n1Cc1ccc([N+](=O)[O-])cc1)C(N)=O. The van der Waals surface area contributed by atoms with Crippen LogP contribution in [0.3, 0.4) is 0 Å². The molecule has 0 bridgehead atoms. The molecule has 5 rings (SSSR count). The lowest BCUT2D eigenvalue weighted by Gasteiger charge is -2.27. The predicted octanol–water partition coefficient (Wildman–Crippen LogP) is 4.42. The molecule has 0 saturated carbocycles. The van der Waals surface area contributed by atoms with E-state index in [-0.39, 0.29) is 18.0 Å². The topological polar surface area (TPSA) is 159 Å². The number of benzene rings is 3. The van der Waals surface area contributed by atoms with Crippen LogP contribution in [0.5, 0.6) is 0 Å². The Labute approximate surface area is 237 Å². The van der Waals surface area contributed by atoms with Gasteiger partial charge >= 0.3 is 0 Å². The van der Waals surface area contributed by atoms with Crippen LogP contribution in [0.25, 0.3) is 10.9 Å². The van der Waals surface area contributed by atoms with Gasteiger partial charge in [-0.1, -0.05) is 60.7 Å². The number of carbonyl (C=O) groups excluding carboxylic acids is 1. The van der Waals surface area contributed by atoms with E-state index >= 15 is 0 Å². The van der Waals surface area contributed by atoms with Crippen molar-refractivity contribution in [2.24, 2.45) is 11.5 Å². The zero-order valence-electron chi connectivity index (χ0n) is 22.9. The van der Waals surface area contributed by atoms with Crippen LogP contribution in [0.4, 0.5) is 5.69 Å². The number of nitrogens with one attached hydrogen (secondary N) is 1. The highest BCUT2D eigenvalue weighted by molar-refractivity contribution is 5.84. The first kappa shape index (κ1) is 27.7. The Bertz CT molecular complexity index is 1660. The van der Waals surface area contributed by atoms with Crippen LogP contribution >= 0.6 is 0 Å². The number of aryl methyl sites for hydroxylation is 2. The predicted molar refractivity (Wildman–Crippen MR) is 157 cm³/mol. The van der Waals surface area contributed by atoms with Gasteiger partial charge < -0.3 is 21.0 Å². The molecule has 5 aromatic rings. The summed E-state index contributed by atoms with van der Waals surface area (Å²) < 4.78 is 2.06. The van der Waals surface area contributed by atoms with Crippen LogP contribution < -0.4 is 11.5 Å². The maximum Gasteiger partial charge on any atom is 0.269 e. The molecule has 0 radical (unpaired) electrons. The summed E-state index contributed by atoms with van der Waals surface area (Å²) in [5.41, 5.74) is 15.0. The smallest absolute Gasteiger partial charge is 0.269 e. The number of amides is 1. The van der Waals surface area contributed by atoms with E-state index < -0.39 is 16.4 Å². The first-order valence-electron chi connectivity index (χ1n) is 13.5. The van der Waals surface area contributed by atoms with Gasteiger partial charge in [-0.2, -0.15) is 0 Å². The van der Waals surface area contributed by atoms with Crippen LogP contribution in [0.1, 0.15) is 47.6 Å². The summed E-state index contributed by atoms with van der Waals surface area (Å²) >= 11 is 0.